The molecule has 3 rings (SSSR count). The predicted molar refractivity (Wildman–Crippen MR) is 79.4 cm³/mol. The number of fused-ring (bicyclic) bond motifs is 2. The molecule has 7 nitrogen and oxygen atoms in total. The van der Waals surface area contributed by atoms with Crippen LogP contribution in [0.2, 0.25) is 0 Å². The number of carboxylic acid groups (broad SMARTS) is 1. The Morgan fingerprint density at radius 3 is 2.68 bits per heavy atom. The molecule has 7 heteroatoms. The Morgan fingerprint density at radius 2 is 2.05 bits per heavy atom. The van der Waals surface area contributed by atoms with Crippen LogP contribution in [0.25, 0.3) is 21.8 Å². The van der Waals surface area contributed by atoms with Crippen molar-refractivity contribution in [1.82, 2.24) is 9.55 Å². The SMILES string of the molecule is CCn1cc(C(=O)O)c(=O)c2cc3c(=O)oc(C)nc3cc21. The van der Waals surface area contributed by atoms with Gasteiger partial charge in [-0.25, -0.2) is 14.6 Å². The molecule has 0 saturated carbocycles. The summed E-state index contributed by atoms with van der Waals surface area (Å²) in [5, 5.41) is 9.46. The Kier molecular flexibility index (Phi) is 3.05. The number of aromatic carboxylic acids is 1. The molecular weight excluding hydrogens is 288 g/mol. The van der Waals surface area contributed by atoms with E-state index in [9.17, 15) is 14.4 Å². The van der Waals surface area contributed by atoms with Gasteiger partial charge < -0.3 is 14.1 Å². The maximum Gasteiger partial charge on any atom is 0.346 e. The van der Waals surface area contributed by atoms with Crippen LogP contribution < -0.4 is 11.1 Å². The van der Waals surface area contributed by atoms with Crippen LogP contribution in [0.3, 0.4) is 0 Å². The molecule has 0 aliphatic heterocycles. The van der Waals surface area contributed by atoms with Crippen LogP contribution in [0, 0.1) is 6.92 Å². The van der Waals surface area contributed by atoms with E-state index in [0.29, 0.717) is 17.6 Å². The van der Waals surface area contributed by atoms with E-state index in [1.54, 1.807) is 17.6 Å². The Labute approximate surface area is 123 Å². The van der Waals surface area contributed by atoms with E-state index < -0.39 is 17.0 Å². The van der Waals surface area contributed by atoms with Gasteiger partial charge in [0, 0.05) is 25.1 Å². The highest BCUT2D eigenvalue weighted by molar-refractivity contribution is 5.98. The van der Waals surface area contributed by atoms with Crippen molar-refractivity contribution in [1.29, 1.82) is 0 Å². The van der Waals surface area contributed by atoms with Crippen LogP contribution in [0.1, 0.15) is 23.2 Å². The molecule has 0 atom stereocenters. The summed E-state index contributed by atoms with van der Waals surface area (Å²) in [5.74, 6) is -1.08. The minimum absolute atomic E-state index is 0.153. The van der Waals surface area contributed by atoms with Crippen LogP contribution in [-0.4, -0.2) is 20.6 Å². The number of pyridine rings is 1. The van der Waals surface area contributed by atoms with Gasteiger partial charge in [0.25, 0.3) is 0 Å². The van der Waals surface area contributed by atoms with Crippen molar-refractivity contribution in [3.63, 3.8) is 0 Å². The fourth-order valence-corrected chi connectivity index (χ4v) is 2.48. The van der Waals surface area contributed by atoms with Crippen molar-refractivity contribution in [2.45, 2.75) is 20.4 Å². The third-order valence-corrected chi connectivity index (χ3v) is 3.51. The van der Waals surface area contributed by atoms with E-state index in [4.69, 9.17) is 9.52 Å². The minimum atomic E-state index is -1.30. The summed E-state index contributed by atoms with van der Waals surface area (Å²) in [6.07, 6.45) is 1.30. The highest BCUT2D eigenvalue weighted by Gasteiger charge is 2.16. The van der Waals surface area contributed by atoms with Gasteiger partial charge >= 0.3 is 11.6 Å². The van der Waals surface area contributed by atoms with Gasteiger partial charge in [-0.1, -0.05) is 0 Å². The fourth-order valence-electron chi connectivity index (χ4n) is 2.48. The maximum atomic E-state index is 12.3. The lowest BCUT2D eigenvalue weighted by Crippen LogP contribution is -2.19. The average Bonchev–Trinajstić information content (AvgIpc) is 2.46. The Balaban J connectivity index is 2.58. The van der Waals surface area contributed by atoms with Gasteiger partial charge in [-0.05, 0) is 19.1 Å². The zero-order valence-corrected chi connectivity index (χ0v) is 11.9. The lowest BCUT2D eigenvalue weighted by molar-refractivity contribution is 0.0695. The Morgan fingerprint density at radius 1 is 1.32 bits per heavy atom. The summed E-state index contributed by atoms with van der Waals surface area (Å²) in [5.41, 5.74) is -0.631. The molecule has 1 N–H and O–H groups in total. The highest BCUT2D eigenvalue weighted by atomic mass is 16.4. The number of carbonyl (C=O) groups is 1. The number of carboxylic acids is 1. The van der Waals surface area contributed by atoms with Crippen LogP contribution >= 0.6 is 0 Å². The van der Waals surface area contributed by atoms with Crippen molar-refractivity contribution in [2.75, 3.05) is 0 Å². The summed E-state index contributed by atoms with van der Waals surface area (Å²) in [6, 6.07) is 2.95. The second-order valence-corrected chi connectivity index (χ2v) is 4.87. The van der Waals surface area contributed by atoms with Crippen molar-refractivity contribution in [3.8, 4) is 0 Å². The zero-order chi connectivity index (χ0) is 16.0. The standard InChI is InChI=1S/C15H12N2O5/c1-3-17-6-10(14(19)20)13(18)9-4-8-11(5-12(9)17)16-7(2)22-15(8)21/h4-6H,3H2,1-2H3,(H,19,20). The minimum Gasteiger partial charge on any atom is -0.477 e. The smallest absolute Gasteiger partial charge is 0.346 e. The van der Waals surface area contributed by atoms with Crippen molar-refractivity contribution in [2.24, 2.45) is 0 Å². The van der Waals surface area contributed by atoms with Crippen molar-refractivity contribution in [3.05, 3.63) is 50.4 Å². The monoisotopic (exact) mass is 300 g/mol. The first kappa shape index (κ1) is 14.0. The lowest BCUT2D eigenvalue weighted by atomic mass is 10.1. The second kappa shape index (κ2) is 4.80. The van der Waals surface area contributed by atoms with Crippen LogP contribution in [-0.2, 0) is 6.54 Å². The molecule has 2 aromatic heterocycles. The molecule has 112 valence electrons. The molecular formula is C15H12N2O5. The third kappa shape index (κ3) is 1.98. The quantitative estimate of drug-likeness (QED) is 0.720. The summed E-state index contributed by atoms with van der Waals surface area (Å²) < 4.78 is 6.57. The number of aryl methyl sites for hydroxylation is 2. The van der Waals surface area contributed by atoms with E-state index in [1.165, 1.54) is 12.3 Å². The summed E-state index contributed by atoms with van der Waals surface area (Å²) in [7, 11) is 0. The molecule has 0 saturated heterocycles. The first-order chi connectivity index (χ1) is 10.4. The molecule has 0 amide bonds. The Bertz CT molecular complexity index is 1050. The number of nitrogens with zero attached hydrogens (tertiary/aromatic N) is 2. The molecule has 0 spiro atoms. The molecule has 0 aliphatic carbocycles. The van der Waals surface area contributed by atoms with Crippen molar-refractivity contribution >= 4 is 27.8 Å². The lowest BCUT2D eigenvalue weighted by Gasteiger charge is -2.10. The van der Waals surface area contributed by atoms with Crippen LogP contribution in [0.15, 0.2) is 32.3 Å². The molecule has 22 heavy (non-hydrogen) atoms. The molecule has 2 heterocycles. The number of hydrogen-bond donors (Lipinski definition) is 1. The number of hydrogen-bond acceptors (Lipinski definition) is 5. The third-order valence-electron chi connectivity index (χ3n) is 3.51. The van der Waals surface area contributed by atoms with Crippen molar-refractivity contribution < 1.29 is 14.3 Å². The van der Waals surface area contributed by atoms with Gasteiger partial charge in [0.1, 0.15) is 5.56 Å². The molecule has 3 aromatic rings. The molecule has 0 fully saturated rings. The summed E-state index contributed by atoms with van der Waals surface area (Å²) in [6.45, 7) is 3.87. The van der Waals surface area contributed by atoms with Gasteiger partial charge in [-0.2, -0.15) is 0 Å². The topological polar surface area (TPSA) is 102 Å². The van der Waals surface area contributed by atoms with Gasteiger partial charge in [-0.15, -0.1) is 0 Å². The molecule has 1 aromatic carbocycles. The fraction of sp³-hybridized carbons (Fsp3) is 0.200. The highest BCUT2D eigenvalue weighted by Crippen LogP contribution is 2.18. The van der Waals surface area contributed by atoms with Crippen LogP contribution in [0.5, 0.6) is 0 Å². The summed E-state index contributed by atoms with van der Waals surface area (Å²) in [4.78, 5) is 39.6. The van der Waals surface area contributed by atoms with Gasteiger partial charge in [0.2, 0.25) is 5.43 Å². The molecule has 0 bridgehead atoms. The first-order valence-corrected chi connectivity index (χ1v) is 6.64. The van der Waals surface area contributed by atoms with E-state index in [2.05, 4.69) is 4.98 Å². The molecule has 0 aliphatic rings. The van der Waals surface area contributed by atoms with Gasteiger partial charge in [0.05, 0.1) is 16.4 Å². The first-order valence-electron chi connectivity index (χ1n) is 6.64. The Hall–Kier alpha value is -2.96. The summed E-state index contributed by atoms with van der Waals surface area (Å²) >= 11 is 0. The number of benzene rings is 1. The average molecular weight is 300 g/mol. The normalized spacial score (nSPS) is 11.2. The molecule has 0 radical (unpaired) electrons. The van der Waals surface area contributed by atoms with Gasteiger partial charge in [0.15, 0.2) is 5.89 Å². The van der Waals surface area contributed by atoms with E-state index in [0.717, 1.165) is 0 Å². The number of aromatic nitrogens is 2. The largest absolute Gasteiger partial charge is 0.477 e. The van der Waals surface area contributed by atoms with Crippen LogP contribution in [0.4, 0.5) is 0 Å². The van der Waals surface area contributed by atoms with E-state index >= 15 is 0 Å². The van der Waals surface area contributed by atoms with Gasteiger partial charge in [-0.3, -0.25) is 4.79 Å². The van der Waals surface area contributed by atoms with E-state index in [-0.39, 0.29) is 22.2 Å². The second-order valence-electron chi connectivity index (χ2n) is 4.87. The number of rotatable bonds is 2. The maximum absolute atomic E-state index is 12.3. The predicted octanol–water partition coefficient (Wildman–Crippen LogP) is 1.53. The van der Waals surface area contributed by atoms with E-state index in [1.807, 2.05) is 6.92 Å². The zero-order valence-electron chi connectivity index (χ0n) is 11.9. The molecule has 0 unspecified atom stereocenters.